The van der Waals surface area contributed by atoms with Crippen molar-refractivity contribution in [3.63, 3.8) is 0 Å². The normalized spacial score (nSPS) is 10.3. The molecule has 0 aliphatic rings. The SMILES string of the molecule is Cc1ccc([N+](=O)[O-])cc1NCc1cccc(F)c1O. The summed E-state index contributed by atoms with van der Waals surface area (Å²) in [6, 6.07) is 8.69. The van der Waals surface area contributed by atoms with Crippen molar-refractivity contribution in [2.75, 3.05) is 5.32 Å². The fourth-order valence-electron chi connectivity index (χ4n) is 1.81. The van der Waals surface area contributed by atoms with E-state index in [1.807, 2.05) is 0 Å². The van der Waals surface area contributed by atoms with Crippen LogP contribution in [-0.2, 0) is 6.54 Å². The lowest BCUT2D eigenvalue weighted by Crippen LogP contribution is -2.02. The molecule has 0 atom stereocenters. The first-order valence-electron chi connectivity index (χ1n) is 5.94. The number of hydrogen-bond donors (Lipinski definition) is 2. The second-order valence-electron chi connectivity index (χ2n) is 4.36. The zero-order valence-electron chi connectivity index (χ0n) is 10.8. The van der Waals surface area contributed by atoms with Crippen molar-refractivity contribution in [2.24, 2.45) is 0 Å². The van der Waals surface area contributed by atoms with E-state index in [9.17, 15) is 19.6 Å². The van der Waals surface area contributed by atoms with Crippen LogP contribution >= 0.6 is 0 Å². The zero-order chi connectivity index (χ0) is 14.7. The minimum Gasteiger partial charge on any atom is -0.505 e. The molecule has 2 N–H and O–H groups in total. The molecule has 0 saturated heterocycles. The van der Waals surface area contributed by atoms with E-state index in [0.29, 0.717) is 11.3 Å². The first kappa shape index (κ1) is 13.8. The summed E-state index contributed by atoms with van der Waals surface area (Å²) >= 11 is 0. The van der Waals surface area contributed by atoms with Gasteiger partial charge in [0.25, 0.3) is 5.69 Å². The standard InChI is InChI=1S/C14H13FN2O3/c1-9-5-6-11(17(19)20)7-13(9)16-8-10-3-2-4-12(15)14(10)18/h2-7,16,18H,8H2,1H3. The minimum atomic E-state index is -0.694. The number of aryl methyl sites for hydroxylation is 1. The number of rotatable bonds is 4. The molecule has 20 heavy (non-hydrogen) atoms. The van der Waals surface area contributed by atoms with Crippen LogP contribution in [0.4, 0.5) is 15.8 Å². The van der Waals surface area contributed by atoms with E-state index in [1.54, 1.807) is 19.1 Å². The van der Waals surface area contributed by atoms with Crippen molar-refractivity contribution in [3.05, 3.63) is 63.5 Å². The maximum atomic E-state index is 13.2. The summed E-state index contributed by atoms with van der Waals surface area (Å²) in [5, 5.41) is 23.3. The molecule has 0 aromatic heterocycles. The van der Waals surface area contributed by atoms with Gasteiger partial charge in [-0.2, -0.15) is 0 Å². The Morgan fingerprint density at radius 3 is 2.80 bits per heavy atom. The molecule has 2 aromatic rings. The highest BCUT2D eigenvalue weighted by molar-refractivity contribution is 5.57. The van der Waals surface area contributed by atoms with Crippen LogP contribution in [0.15, 0.2) is 36.4 Å². The molecule has 5 nitrogen and oxygen atoms in total. The van der Waals surface area contributed by atoms with Crippen LogP contribution in [0.5, 0.6) is 5.75 Å². The highest BCUT2D eigenvalue weighted by atomic mass is 19.1. The van der Waals surface area contributed by atoms with Crippen LogP contribution in [0.1, 0.15) is 11.1 Å². The number of hydrogen-bond acceptors (Lipinski definition) is 4. The lowest BCUT2D eigenvalue weighted by Gasteiger charge is -2.10. The molecular weight excluding hydrogens is 263 g/mol. The molecule has 6 heteroatoms. The summed E-state index contributed by atoms with van der Waals surface area (Å²) in [5.74, 6) is -1.11. The summed E-state index contributed by atoms with van der Waals surface area (Å²) in [6.07, 6.45) is 0. The monoisotopic (exact) mass is 276 g/mol. The first-order valence-corrected chi connectivity index (χ1v) is 5.94. The van der Waals surface area contributed by atoms with Crippen molar-refractivity contribution in [2.45, 2.75) is 13.5 Å². The smallest absolute Gasteiger partial charge is 0.271 e. The summed E-state index contributed by atoms with van der Waals surface area (Å²) in [5.41, 5.74) is 1.76. The molecule has 0 spiro atoms. The summed E-state index contributed by atoms with van der Waals surface area (Å²) in [7, 11) is 0. The Hall–Kier alpha value is -2.63. The number of nitro benzene ring substituents is 1. The second-order valence-corrected chi connectivity index (χ2v) is 4.36. The van der Waals surface area contributed by atoms with E-state index in [-0.39, 0.29) is 12.2 Å². The molecule has 0 amide bonds. The van der Waals surface area contributed by atoms with Gasteiger partial charge in [0.15, 0.2) is 11.6 Å². The third-order valence-corrected chi connectivity index (χ3v) is 2.97. The Morgan fingerprint density at radius 1 is 1.35 bits per heavy atom. The van der Waals surface area contributed by atoms with Crippen LogP contribution < -0.4 is 5.32 Å². The van der Waals surface area contributed by atoms with E-state index >= 15 is 0 Å². The van der Waals surface area contributed by atoms with Gasteiger partial charge in [0, 0.05) is 29.9 Å². The highest BCUT2D eigenvalue weighted by Crippen LogP contribution is 2.25. The second kappa shape index (κ2) is 5.56. The number of benzene rings is 2. The number of phenolic OH excluding ortho intramolecular Hbond substituents is 1. The van der Waals surface area contributed by atoms with Gasteiger partial charge in [-0.15, -0.1) is 0 Å². The van der Waals surface area contributed by atoms with Gasteiger partial charge < -0.3 is 10.4 Å². The first-order chi connectivity index (χ1) is 9.49. The third-order valence-electron chi connectivity index (χ3n) is 2.97. The molecule has 0 unspecified atom stereocenters. The molecule has 0 heterocycles. The minimum absolute atomic E-state index is 0.0263. The fraction of sp³-hybridized carbons (Fsp3) is 0.143. The van der Waals surface area contributed by atoms with Gasteiger partial charge in [0.2, 0.25) is 0 Å². The number of aromatic hydroxyl groups is 1. The van der Waals surface area contributed by atoms with Crippen molar-refractivity contribution in [1.82, 2.24) is 0 Å². The number of halogens is 1. The fourth-order valence-corrected chi connectivity index (χ4v) is 1.81. The lowest BCUT2D eigenvalue weighted by molar-refractivity contribution is -0.384. The highest BCUT2D eigenvalue weighted by Gasteiger charge is 2.10. The molecule has 0 fully saturated rings. The van der Waals surface area contributed by atoms with Crippen LogP contribution in [0, 0.1) is 22.9 Å². The van der Waals surface area contributed by atoms with E-state index in [4.69, 9.17) is 0 Å². The number of non-ortho nitro benzene ring substituents is 1. The van der Waals surface area contributed by atoms with E-state index in [0.717, 1.165) is 11.6 Å². The average Bonchev–Trinajstić information content (AvgIpc) is 2.41. The van der Waals surface area contributed by atoms with Crippen molar-refractivity contribution >= 4 is 11.4 Å². The van der Waals surface area contributed by atoms with Gasteiger partial charge in [-0.05, 0) is 18.6 Å². The van der Waals surface area contributed by atoms with Crippen molar-refractivity contribution in [1.29, 1.82) is 0 Å². The predicted octanol–water partition coefficient (Wildman–Crippen LogP) is 3.36. The number of nitro groups is 1. The Balaban J connectivity index is 2.20. The number of nitrogens with zero attached hydrogens (tertiary/aromatic N) is 1. The van der Waals surface area contributed by atoms with E-state index < -0.39 is 16.5 Å². The molecule has 0 bridgehead atoms. The Bertz CT molecular complexity index is 659. The van der Waals surface area contributed by atoms with Crippen LogP contribution in [-0.4, -0.2) is 10.0 Å². The quantitative estimate of drug-likeness (QED) is 0.663. The average molecular weight is 276 g/mol. The van der Waals surface area contributed by atoms with Crippen LogP contribution in [0.2, 0.25) is 0 Å². The molecule has 0 radical (unpaired) electrons. The van der Waals surface area contributed by atoms with E-state index in [2.05, 4.69) is 5.32 Å². The molecule has 2 rings (SSSR count). The van der Waals surface area contributed by atoms with Gasteiger partial charge >= 0.3 is 0 Å². The number of para-hydroxylation sites is 1. The van der Waals surface area contributed by atoms with Crippen molar-refractivity contribution < 1.29 is 14.4 Å². The summed E-state index contributed by atoms with van der Waals surface area (Å²) in [4.78, 5) is 10.2. The number of anilines is 1. The van der Waals surface area contributed by atoms with Gasteiger partial charge in [-0.3, -0.25) is 10.1 Å². The molecule has 0 aliphatic carbocycles. The van der Waals surface area contributed by atoms with Crippen LogP contribution in [0.3, 0.4) is 0 Å². The summed E-state index contributed by atoms with van der Waals surface area (Å²) < 4.78 is 13.2. The lowest BCUT2D eigenvalue weighted by atomic mass is 10.1. The Morgan fingerprint density at radius 2 is 2.10 bits per heavy atom. The molecular formula is C14H13FN2O3. The number of nitrogens with one attached hydrogen (secondary N) is 1. The number of phenols is 1. The predicted molar refractivity (Wildman–Crippen MR) is 73.2 cm³/mol. The van der Waals surface area contributed by atoms with Gasteiger partial charge in [0.05, 0.1) is 4.92 Å². The molecule has 104 valence electrons. The topological polar surface area (TPSA) is 75.4 Å². The van der Waals surface area contributed by atoms with Crippen molar-refractivity contribution in [3.8, 4) is 5.75 Å². The van der Waals surface area contributed by atoms with Crippen LogP contribution in [0.25, 0.3) is 0 Å². The van der Waals surface area contributed by atoms with Gasteiger partial charge in [-0.1, -0.05) is 18.2 Å². The zero-order valence-corrected chi connectivity index (χ0v) is 10.8. The third kappa shape index (κ3) is 2.85. The maximum Gasteiger partial charge on any atom is 0.271 e. The summed E-state index contributed by atoms with van der Waals surface area (Å²) in [6.45, 7) is 1.98. The maximum absolute atomic E-state index is 13.2. The Kier molecular flexibility index (Phi) is 3.84. The van der Waals surface area contributed by atoms with Gasteiger partial charge in [-0.25, -0.2) is 4.39 Å². The van der Waals surface area contributed by atoms with E-state index in [1.165, 1.54) is 18.2 Å². The molecule has 0 aliphatic heterocycles. The van der Waals surface area contributed by atoms with Gasteiger partial charge in [0.1, 0.15) is 0 Å². The Labute approximate surface area is 114 Å². The largest absolute Gasteiger partial charge is 0.505 e. The molecule has 0 saturated carbocycles. The molecule has 2 aromatic carbocycles.